The average Bonchev–Trinajstić information content (AvgIpc) is 2.83. The zero-order valence-electron chi connectivity index (χ0n) is 14.6. The Bertz CT molecular complexity index is 966. The van der Waals surface area contributed by atoms with Crippen molar-refractivity contribution in [1.29, 1.82) is 0 Å². The number of nitrogens with one attached hydrogen (secondary N) is 2. The van der Waals surface area contributed by atoms with Crippen molar-refractivity contribution < 1.29 is 18.0 Å². The Morgan fingerprint density at radius 2 is 1.81 bits per heavy atom. The van der Waals surface area contributed by atoms with Crippen molar-refractivity contribution in [3.63, 3.8) is 0 Å². The summed E-state index contributed by atoms with van der Waals surface area (Å²) in [5, 5.41) is 5.51. The standard InChI is InChI=1S/C19H20N2O4S/c1-19(2)15-12-13(8-9-16(15)21-18(19)23)20-17(22)10-11-26(24,25)14-6-4-3-5-7-14/h3-9,12H,10-11H2,1-2H3,(H,20,22)(H,21,23). The van der Waals surface area contributed by atoms with Gasteiger partial charge in [-0.05, 0) is 49.7 Å². The third kappa shape index (κ3) is 3.48. The van der Waals surface area contributed by atoms with Crippen LogP contribution < -0.4 is 10.6 Å². The van der Waals surface area contributed by atoms with Crippen molar-refractivity contribution in [2.45, 2.75) is 30.6 Å². The summed E-state index contributed by atoms with van der Waals surface area (Å²) < 4.78 is 24.5. The summed E-state index contributed by atoms with van der Waals surface area (Å²) in [6.07, 6.45) is -0.144. The van der Waals surface area contributed by atoms with Crippen molar-refractivity contribution in [2.75, 3.05) is 16.4 Å². The van der Waals surface area contributed by atoms with E-state index in [4.69, 9.17) is 0 Å². The SMILES string of the molecule is CC1(C)C(=O)Nc2ccc(NC(=O)CCS(=O)(=O)c3ccccc3)cc21. The van der Waals surface area contributed by atoms with Crippen LogP contribution in [-0.2, 0) is 24.8 Å². The summed E-state index contributed by atoms with van der Waals surface area (Å²) in [5.74, 6) is -0.747. The van der Waals surface area contributed by atoms with Crippen LogP contribution in [0, 0.1) is 0 Å². The maximum absolute atomic E-state index is 12.2. The number of rotatable bonds is 5. The summed E-state index contributed by atoms with van der Waals surface area (Å²) in [6, 6.07) is 13.2. The molecule has 0 fully saturated rings. The predicted molar refractivity (Wildman–Crippen MR) is 99.8 cm³/mol. The molecule has 1 aliphatic heterocycles. The lowest BCUT2D eigenvalue weighted by atomic mass is 9.86. The van der Waals surface area contributed by atoms with Crippen LogP contribution in [0.15, 0.2) is 53.4 Å². The molecule has 2 amide bonds. The molecule has 0 aliphatic carbocycles. The smallest absolute Gasteiger partial charge is 0.234 e. The second kappa shape index (κ2) is 6.57. The molecule has 6 nitrogen and oxygen atoms in total. The quantitative estimate of drug-likeness (QED) is 0.844. The topological polar surface area (TPSA) is 92.3 Å². The monoisotopic (exact) mass is 372 g/mol. The predicted octanol–water partition coefficient (Wildman–Crippen LogP) is 2.72. The number of sulfone groups is 1. The van der Waals surface area contributed by atoms with Crippen LogP contribution >= 0.6 is 0 Å². The normalized spacial score (nSPS) is 15.2. The highest BCUT2D eigenvalue weighted by Crippen LogP contribution is 2.38. The third-order valence-electron chi connectivity index (χ3n) is 4.49. The lowest BCUT2D eigenvalue weighted by Crippen LogP contribution is -2.27. The van der Waals surface area contributed by atoms with Gasteiger partial charge in [0.15, 0.2) is 9.84 Å². The van der Waals surface area contributed by atoms with Crippen LogP contribution in [-0.4, -0.2) is 26.0 Å². The molecule has 0 aromatic heterocycles. The van der Waals surface area contributed by atoms with Crippen LogP contribution in [0.3, 0.4) is 0 Å². The number of fused-ring (bicyclic) bond motifs is 1. The highest BCUT2D eigenvalue weighted by Gasteiger charge is 2.38. The molecule has 0 saturated heterocycles. The Hall–Kier alpha value is -2.67. The lowest BCUT2D eigenvalue weighted by Gasteiger charge is -2.16. The van der Waals surface area contributed by atoms with Gasteiger partial charge in [-0.15, -0.1) is 0 Å². The molecule has 0 spiro atoms. The van der Waals surface area contributed by atoms with E-state index in [0.29, 0.717) is 5.69 Å². The lowest BCUT2D eigenvalue weighted by molar-refractivity contribution is -0.119. The summed E-state index contributed by atoms with van der Waals surface area (Å²) in [4.78, 5) is 24.3. The molecule has 2 aromatic rings. The summed E-state index contributed by atoms with van der Waals surface area (Å²) in [7, 11) is -3.50. The largest absolute Gasteiger partial charge is 0.326 e. The summed E-state index contributed by atoms with van der Waals surface area (Å²) in [6.45, 7) is 3.62. The number of carbonyl (C=O) groups is 2. The van der Waals surface area contributed by atoms with Gasteiger partial charge in [-0.25, -0.2) is 8.42 Å². The molecule has 3 rings (SSSR count). The maximum atomic E-state index is 12.2. The number of carbonyl (C=O) groups excluding carboxylic acids is 2. The van der Waals surface area contributed by atoms with Gasteiger partial charge in [0, 0.05) is 17.8 Å². The molecule has 0 unspecified atom stereocenters. The van der Waals surface area contributed by atoms with E-state index in [2.05, 4.69) is 10.6 Å². The average molecular weight is 372 g/mol. The molecular formula is C19H20N2O4S. The van der Waals surface area contributed by atoms with E-state index < -0.39 is 15.3 Å². The van der Waals surface area contributed by atoms with Crippen LogP contribution in [0.25, 0.3) is 0 Å². The molecule has 136 valence electrons. The van der Waals surface area contributed by atoms with Crippen molar-refractivity contribution in [3.8, 4) is 0 Å². The molecular weight excluding hydrogens is 352 g/mol. The van der Waals surface area contributed by atoms with Gasteiger partial charge in [0.2, 0.25) is 11.8 Å². The minimum absolute atomic E-state index is 0.0927. The summed E-state index contributed by atoms with van der Waals surface area (Å²) >= 11 is 0. The second-order valence-corrected chi connectivity index (χ2v) is 8.88. The Morgan fingerprint density at radius 3 is 2.50 bits per heavy atom. The van der Waals surface area contributed by atoms with Gasteiger partial charge in [-0.2, -0.15) is 0 Å². The van der Waals surface area contributed by atoms with Crippen molar-refractivity contribution in [1.82, 2.24) is 0 Å². The molecule has 2 aromatic carbocycles. The number of anilines is 2. The fourth-order valence-corrected chi connectivity index (χ4v) is 4.11. The zero-order valence-corrected chi connectivity index (χ0v) is 15.4. The molecule has 7 heteroatoms. The highest BCUT2D eigenvalue weighted by atomic mass is 32.2. The first-order valence-corrected chi connectivity index (χ1v) is 9.89. The van der Waals surface area contributed by atoms with Crippen LogP contribution in [0.4, 0.5) is 11.4 Å². The third-order valence-corrected chi connectivity index (χ3v) is 6.22. The van der Waals surface area contributed by atoms with E-state index in [0.717, 1.165) is 11.3 Å². The van der Waals surface area contributed by atoms with Gasteiger partial charge in [-0.1, -0.05) is 18.2 Å². The molecule has 0 atom stereocenters. The van der Waals surface area contributed by atoms with Crippen molar-refractivity contribution in [2.24, 2.45) is 0 Å². The first kappa shape index (κ1) is 18.1. The number of benzene rings is 2. The Morgan fingerprint density at radius 1 is 1.12 bits per heavy atom. The number of hydrogen-bond acceptors (Lipinski definition) is 4. The summed E-state index contributed by atoms with van der Waals surface area (Å²) in [5.41, 5.74) is 1.39. The first-order valence-electron chi connectivity index (χ1n) is 8.24. The minimum Gasteiger partial charge on any atom is -0.326 e. The van der Waals surface area contributed by atoms with Gasteiger partial charge < -0.3 is 10.6 Å². The number of hydrogen-bond donors (Lipinski definition) is 2. The van der Waals surface area contributed by atoms with Crippen LogP contribution in [0.1, 0.15) is 25.8 Å². The van der Waals surface area contributed by atoms with E-state index in [1.165, 1.54) is 12.1 Å². The van der Waals surface area contributed by atoms with E-state index in [9.17, 15) is 18.0 Å². The van der Waals surface area contributed by atoms with Gasteiger partial charge in [0.1, 0.15) is 0 Å². The Balaban J connectivity index is 1.67. The highest BCUT2D eigenvalue weighted by molar-refractivity contribution is 7.91. The Kier molecular flexibility index (Phi) is 4.58. The molecule has 0 saturated carbocycles. The first-order chi connectivity index (χ1) is 12.2. The Labute approximate surface area is 152 Å². The number of amides is 2. The molecule has 2 N–H and O–H groups in total. The molecule has 1 heterocycles. The van der Waals surface area contributed by atoms with Gasteiger partial charge >= 0.3 is 0 Å². The molecule has 0 bridgehead atoms. The fourth-order valence-electron chi connectivity index (χ4n) is 2.85. The van der Waals surface area contributed by atoms with Crippen molar-refractivity contribution >= 4 is 33.0 Å². The van der Waals surface area contributed by atoms with Crippen molar-refractivity contribution in [3.05, 3.63) is 54.1 Å². The zero-order chi connectivity index (χ0) is 18.9. The van der Waals surface area contributed by atoms with Crippen LogP contribution in [0.2, 0.25) is 0 Å². The van der Waals surface area contributed by atoms with Gasteiger partial charge in [0.05, 0.1) is 16.1 Å². The fraction of sp³-hybridized carbons (Fsp3) is 0.263. The minimum atomic E-state index is -3.50. The molecule has 0 radical (unpaired) electrons. The second-order valence-electron chi connectivity index (χ2n) is 6.77. The maximum Gasteiger partial charge on any atom is 0.234 e. The van der Waals surface area contributed by atoms with Gasteiger partial charge in [0.25, 0.3) is 0 Å². The van der Waals surface area contributed by atoms with E-state index in [1.54, 1.807) is 36.4 Å². The molecule has 1 aliphatic rings. The van der Waals surface area contributed by atoms with E-state index in [-0.39, 0.29) is 28.9 Å². The molecule has 26 heavy (non-hydrogen) atoms. The van der Waals surface area contributed by atoms with E-state index in [1.807, 2.05) is 13.8 Å². The van der Waals surface area contributed by atoms with Crippen LogP contribution in [0.5, 0.6) is 0 Å². The van der Waals surface area contributed by atoms with Gasteiger partial charge in [-0.3, -0.25) is 9.59 Å². The van der Waals surface area contributed by atoms with E-state index >= 15 is 0 Å².